The fourth-order valence-electron chi connectivity index (χ4n) is 3.70. The second-order valence-electron chi connectivity index (χ2n) is 6.65. The van der Waals surface area contributed by atoms with Crippen LogP contribution in [0.4, 0.5) is 5.69 Å². The standard InChI is InChI=1S/C20H20N2O2S/c1-14-11-17-12-18(25(21,23)24)9-10-20(17)22(14)13-16-7-4-6-15-5-2-3-8-19(15)16/h2-10,12,14H,11,13H2,1H3,(H2,21,23,24)/t14-/m0/s1. The molecule has 0 radical (unpaired) electrons. The van der Waals surface area contributed by atoms with Crippen molar-refractivity contribution >= 4 is 26.5 Å². The molecule has 3 aromatic rings. The molecule has 0 saturated heterocycles. The Balaban J connectivity index is 1.73. The maximum absolute atomic E-state index is 11.6. The van der Waals surface area contributed by atoms with Gasteiger partial charge in [0, 0.05) is 18.3 Å². The third kappa shape index (κ3) is 2.90. The van der Waals surface area contributed by atoms with Crippen LogP contribution in [0.5, 0.6) is 0 Å². The van der Waals surface area contributed by atoms with Crippen molar-refractivity contribution in [1.82, 2.24) is 0 Å². The summed E-state index contributed by atoms with van der Waals surface area (Å²) in [5.74, 6) is 0. The van der Waals surface area contributed by atoms with E-state index in [2.05, 4.69) is 54.3 Å². The highest BCUT2D eigenvalue weighted by Crippen LogP contribution is 2.35. The third-order valence-corrected chi connectivity index (χ3v) is 5.87. The van der Waals surface area contributed by atoms with E-state index >= 15 is 0 Å². The van der Waals surface area contributed by atoms with E-state index in [4.69, 9.17) is 5.14 Å². The first-order valence-corrected chi connectivity index (χ1v) is 9.87. The lowest BCUT2D eigenvalue weighted by Crippen LogP contribution is -2.28. The molecule has 4 rings (SSSR count). The summed E-state index contributed by atoms with van der Waals surface area (Å²) >= 11 is 0. The molecule has 0 saturated carbocycles. The quantitative estimate of drug-likeness (QED) is 0.785. The van der Waals surface area contributed by atoms with E-state index < -0.39 is 10.0 Å². The number of benzene rings is 3. The van der Waals surface area contributed by atoms with Crippen molar-refractivity contribution in [2.75, 3.05) is 4.90 Å². The number of hydrogen-bond donors (Lipinski definition) is 1. The van der Waals surface area contributed by atoms with E-state index in [0.29, 0.717) is 6.04 Å². The number of sulfonamides is 1. The van der Waals surface area contributed by atoms with Gasteiger partial charge in [-0.3, -0.25) is 0 Å². The van der Waals surface area contributed by atoms with Crippen LogP contribution in [-0.4, -0.2) is 14.5 Å². The molecule has 5 heteroatoms. The van der Waals surface area contributed by atoms with Crippen LogP contribution in [0, 0.1) is 0 Å². The minimum atomic E-state index is -3.67. The number of rotatable bonds is 3. The largest absolute Gasteiger partial charge is 0.364 e. The topological polar surface area (TPSA) is 63.4 Å². The first-order valence-electron chi connectivity index (χ1n) is 8.32. The summed E-state index contributed by atoms with van der Waals surface area (Å²) in [5.41, 5.74) is 3.40. The highest BCUT2D eigenvalue weighted by Gasteiger charge is 2.27. The smallest absolute Gasteiger partial charge is 0.238 e. The Kier molecular flexibility index (Phi) is 3.78. The molecule has 0 fully saturated rings. The maximum Gasteiger partial charge on any atom is 0.238 e. The molecular weight excluding hydrogens is 332 g/mol. The maximum atomic E-state index is 11.6. The number of nitrogens with zero attached hydrogens (tertiary/aromatic N) is 1. The molecule has 0 spiro atoms. The van der Waals surface area contributed by atoms with Crippen LogP contribution < -0.4 is 10.0 Å². The Bertz CT molecular complexity index is 1050. The van der Waals surface area contributed by atoms with Crippen LogP contribution in [0.15, 0.2) is 65.6 Å². The van der Waals surface area contributed by atoms with Crippen LogP contribution >= 0.6 is 0 Å². The van der Waals surface area contributed by atoms with E-state index in [1.54, 1.807) is 12.1 Å². The lowest BCUT2D eigenvalue weighted by Gasteiger charge is -2.25. The van der Waals surface area contributed by atoms with Crippen molar-refractivity contribution < 1.29 is 8.42 Å². The van der Waals surface area contributed by atoms with Crippen LogP contribution in [-0.2, 0) is 23.0 Å². The summed E-state index contributed by atoms with van der Waals surface area (Å²) in [5, 5.41) is 7.75. The van der Waals surface area contributed by atoms with Gasteiger partial charge in [-0.2, -0.15) is 0 Å². The molecule has 128 valence electrons. The Labute approximate surface area is 147 Å². The second-order valence-corrected chi connectivity index (χ2v) is 8.22. The fraction of sp³-hybridized carbons (Fsp3) is 0.200. The van der Waals surface area contributed by atoms with Gasteiger partial charge in [-0.25, -0.2) is 13.6 Å². The van der Waals surface area contributed by atoms with Gasteiger partial charge in [0.15, 0.2) is 0 Å². The third-order valence-electron chi connectivity index (χ3n) is 4.96. The first-order chi connectivity index (χ1) is 11.9. The number of nitrogens with two attached hydrogens (primary N) is 1. The average molecular weight is 352 g/mol. The van der Waals surface area contributed by atoms with Crippen LogP contribution in [0.1, 0.15) is 18.1 Å². The van der Waals surface area contributed by atoms with Crippen molar-refractivity contribution in [3.05, 3.63) is 71.8 Å². The van der Waals surface area contributed by atoms with Crippen molar-refractivity contribution in [3.63, 3.8) is 0 Å². The lowest BCUT2D eigenvalue weighted by molar-refractivity contribution is 0.597. The molecule has 2 N–H and O–H groups in total. The molecule has 1 aliphatic rings. The molecule has 1 atom stereocenters. The number of fused-ring (bicyclic) bond motifs is 2. The van der Waals surface area contributed by atoms with Crippen molar-refractivity contribution in [3.8, 4) is 0 Å². The zero-order chi connectivity index (χ0) is 17.6. The molecule has 0 aromatic heterocycles. The summed E-state index contributed by atoms with van der Waals surface area (Å²) in [6.07, 6.45) is 0.823. The predicted octanol–water partition coefficient (Wildman–Crippen LogP) is 3.44. The highest BCUT2D eigenvalue weighted by molar-refractivity contribution is 7.89. The van der Waals surface area contributed by atoms with E-state index in [1.165, 1.54) is 16.3 Å². The fourth-order valence-corrected chi connectivity index (χ4v) is 4.27. The molecule has 0 amide bonds. The molecule has 0 unspecified atom stereocenters. The Morgan fingerprint density at radius 1 is 1.08 bits per heavy atom. The first kappa shape index (κ1) is 16.1. The van der Waals surface area contributed by atoms with Gasteiger partial charge in [0.2, 0.25) is 10.0 Å². The number of hydrogen-bond acceptors (Lipinski definition) is 3. The van der Waals surface area contributed by atoms with Gasteiger partial charge in [-0.15, -0.1) is 0 Å². The molecule has 25 heavy (non-hydrogen) atoms. The summed E-state index contributed by atoms with van der Waals surface area (Å²) < 4.78 is 23.2. The van der Waals surface area contributed by atoms with Crippen molar-refractivity contribution in [2.45, 2.75) is 30.8 Å². The van der Waals surface area contributed by atoms with Gasteiger partial charge in [-0.1, -0.05) is 42.5 Å². The summed E-state index contributed by atoms with van der Waals surface area (Å²) in [6, 6.07) is 20.3. The zero-order valence-corrected chi connectivity index (χ0v) is 14.8. The highest BCUT2D eigenvalue weighted by atomic mass is 32.2. The molecule has 1 heterocycles. The molecule has 4 nitrogen and oxygen atoms in total. The number of anilines is 1. The van der Waals surface area contributed by atoms with E-state index in [-0.39, 0.29) is 4.90 Å². The summed E-state index contributed by atoms with van der Waals surface area (Å²) in [7, 11) is -3.67. The molecule has 0 aliphatic carbocycles. The van der Waals surface area contributed by atoms with Gasteiger partial charge >= 0.3 is 0 Å². The zero-order valence-electron chi connectivity index (χ0n) is 14.0. The van der Waals surface area contributed by atoms with Crippen LogP contribution in [0.2, 0.25) is 0 Å². The monoisotopic (exact) mass is 352 g/mol. The minimum absolute atomic E-state index is 0.186. The van der Waals surface area contributed by atoms with E-state index in [9.17, 15) is 8.42 Å². The van der Waals surface area contributed by atoms with Gasteiger partial charge in [-0.05, 0) is 53.4 Å². The Hall–Kier alpha value is -2.37. The van der Waals surface area contributed by atoms with Crippen LogP contribution in [0.25, 0.3) is 10.8 Å². The van der Waals surface area contributed by atoms with Gasteiger partial charge in [0.1, 0.15) is 0 Å². The second kappa shape index (κ2) is 5.86. The normalized spacial score (nSPS) is 17.0. The molecule has 0 bridgehead atoms. The van der Waals surface area contributed by atoms with Crippen molar-refractivity contribution in [2.24, 2.45) is 5.14 Å². The molecule has 3 aromatic carbocycles. The van der Waals surface area contributed by atoms with E-state index in [0.717, 1.165) is 24.2 Å². The minimum Gasteiger partial charge on any atom is -0.364 e. The predicted molar refractivity (Wildman–Crippen MR) is 101 cm³/mol. The molecule has 1 aliphatic heterocycles. The lowest BCUT2D eigenvalue weighted by atomic mass is 10.0. The summed E-state index contributed by atoms with van der Waals surface area (Å²) in [4.78, 5) is 2.52. The van der Waals surface area contributed by atoms with E-state index in [1.807, 2.05) is 6.07 Å². The van der Waals surface area contributed by atoms with Crippen LogP contribution in [0.3, 0.4) is 0 Å². The summed E-state index contributed by atoms with van der Waals surface area (Å²) in [6.45, 7) is 2.96. The Morgan fingerprint density at radius 2 is 1.84 bits per heavy atom. The van der Waals surface area contributed by atoms with Gasteiger partial charge in [0.25, 0.3) is 0 Å². The average Bonchev–Trinajstić information content (AvgIpc) is 2.89. The Morgan fingerprint density at radius 3 is 2.64 bits per heavy atom. The SMILES string of the molecule is C[C@H]1Cc2cc(S(N)(=O)=O)ccc2N1Cc1cccc2ccccc12. The van der Waals surface area contributed by atoms with Gasteiger partial charge < -0.3 is 4.90 Å². The molecular formula is C20H20N2O2S. The van der Waals surface area contributed by atoms with Gasteiger partial charge in [0.05, 0.1) is 4.90 Å². The number of primary sulfonamides is 1. The van der Waals surface area contributed by atoms with Crippen molar-refractivity contribution in [1.29, 1.82) is 0 Å².